The number of amides is 2. The number of anilines is 2. The molecule has 8 nitrogen and oxygen atoms in total. The Hall–Kier alpha value is -4.17. The lowest BCUT2D eigenvalue weighted by atomic mass is 9.95. The van der Waals surface area contributed by atoms with Crippen LogP contribution in [0.25, 0.3) is 16.9 Å². The Morgan fingerprint density at radius 1 is 1.00 bits per heavy atom. The summed E-state index contributed by atoms with van der Waals surface area (Å²) in [7, 11) is 0. The molecule has 1 atom stereocenters. The molecule has 0 saturated carbocycles. The van der Waals surface area contributed by atoms with E-state index in [2.05, 4.69) is 44.0 Å². The minimum Gasteiger partial charge on any atom is -0.352 e. The van der Waals surface area contributed by atoms with Gasteiger partial charge >= 0.3 is 0 Å². The van der Waals surface area contributed by atoms with Crippen LogP contribution in [0.15, 0.2) is 67.0 Å². The van der Waals surface area contributed by atoms with Crippen molar-refractivity contribution >= 4 is 28.8 Å². The molecule has 0 bridgehead atoms. The van der Waals surface area contributed by atoms with Gasteiger partial charge in [-0.15, -0.1) is 0 Å². The highest BCUT2D eigenvalue weighted by molar-refractivity contribution is 5.99. The average Bonchev–Trinajstić information content (AvgIpc) is 3.65. The van der Waals surface area contributed by atoms with Gasteiger partial charge in [-0.1, -0.05) is 13.0 Å². The second-order valence-electron chi connectivity index (χ2n) is 11.8. The standard InChI is InChI=1S/C33H36N6O2/c1-22-3-2-15-38(21-22)27-12-16-37(17-13-27)33(41)23-4-7-26(8-5-23)36-29-10-11-30(39-18-14-34-31(29)39)24-6-9-28-25(19-24)20-35-32(28)40/h4-11,14,18-19,22,27,36H,2-3,12-13,15-17,20-21H2,1H3,(H,35,40). The zero-order valence-electron chi connectivity index (χ0n) is 23.5. The van der Waals surface area contributed by atoms with Crippen LogP contribution < -0.4 is 10.6 Å². The highest BCUT2D eigenvalue weighted by Gasteiger charge is 2.29. The topological polar surface area (TPSA) is 82.0 Å². The van der Waals surface area contributed by atoms with E-state index in [1.165, 1.54) is 25.9 Å². The van der Waals surface area contributed by atoms with Gasteiger partial charge in [0, 0.05) is 61.4 Å². The molecular formula is C33H36N6O2. The smallest absolute Gasteiger partial charge is 0.253 e. The molecule has 210 valence electrons. The van der Waals surface area contributed by atoms with Crippen LogP contribution in [0.4, 0.5) is 11.4 Å². The van der Waals surface area contributed by atoms with Gasteiger partial charge in [-0.05, 0) is 97.8 Å². The van der Waals surface area contributed by atoms with Gasteiger partial charge in [-0.2, -0.15) is 0 Å². The Labute approximate surface area is 240 Å². The summed E-state index contributed by atoms with van der Waals surface area (Å²) in [6.07, 6.45) is 8.51. The van der Waals surface area contributed by atoms with E-state index in [0.717, 1.165) is 76.8 Å². The van der Waals surface area contributed by atoms with E-state index in [1.54, 1.807) is 6.20 Å². The first-order valence-electron chi connectivity index (χ1n) is 14.8. The fourth-order valence-electron chi connectivity index (χ4n) is 6.76. The van der Waals surface area contributed by atoms with Crippen LogP contribution in [0.1, 0.15) is 58.9 Å². The number of imidazole rings is 1. The maximum atomic E-state index is 13.3. The second-order valence-corrected chi connectivity index (χ2v) is 11.8. The van der Waals surface area contributed by atoms with Gasteiger partial charge in [0.05, 0.1) is 11.4 Å². The van der Waals surface area contributed by atoms with Gasteiger partial charge < -0.3 is 15.5 Å². The van der Waals surface area contributed by atoms with E-state index in [-0.39, 0.29) is 11.8 Å². The molecule has 7 rings (SSSR count). The molecule has 4 aromatic rings. The number of benzene rings is 2. The molecular weight excluding hydrogens is 512 g/mol. The number of hydrogen-bond acceptors (Lipinski definition) is 5. The lowest BCUT2D eigenvalue weighted by molar-refractivity contribution is 0.0542. The van der Waals surface area contributed by atoms with Gasteiger partial charge in [-0.25, -0.2) is 4.98 Å². The normalized spacial score (nSPS) is 19.8. The molecule has 2 fully saturated rings. The van der Waals surface area contributed by atoms with E-state index in [1.807, 2.05) is 53.6 Å². The number of nitrogens with one attached hydrogen (secondary N) is 2. The fourth-order valence-corrected chi connectivity index (χ4v) is 6.76. The number of piperidine rings is 2. The molecule has 2 N–H and O–H groups in total. The number of nitrogens with zero attached hydrogens (tertiary/aromatic N) is 4. The maximum Gasteiger partial charge on any atom is 0.253 e. The van der Waals surface area contributed by atoms with Crippen LogP contribution in [0.2, 0.25) is 0 Å². The van der Waals surface area contributed by atoms with Crippen LogP contribution in [0.3, 0.4) is 0 Å². The first-order valence-corrected chi connectivity index (χ1v) is 14.8. The summed E-state index contributed by atoms with van der Waals surface area (Å²) in [5.74, 6) is 0.889. The molecule has 0 aliphatic carbocycles. The number of fused-ring (bicyclic) bond motifs is 2. The summed E-state index contributed by atoms with van der Waals surface area (Å²) in [5.41, 5.74) is 7.11. The molecule has 0 spiro atoms. The van der Waals surface area contributed by atoms with Gasteiger partial charge in [0.1, 0.15) is 0 Å². The molecule has 3 aliphatic heterocycles. The Kier molecular flexibility index (Phi) is 6.71. The van der Waals surface area contributed by atoms with Crippen molar-refractivity contribution in [3.63, 3.8) is 0 Å². The minimum absolute atomic E-state index is 0.0151. The van der Waals surface area contributed by atoms with E-state index in [9.17, 15) is 9.59 Å². The molecule has 2 aromatic carbocycles. The molecule has 8 heteroatoms. The van der Waals surface area contributed by atoms with Crippen LogP contribution >= 0.6 is 0 Å². The molecule has 1 unspecified atom stereocenters. The maximum absolute atomic E-state index is 13.3. The minimum atomic E-state index is -0.0151. The molecule has 2 aromatic heterocycles. The summed E-state index contributed by atoms with van der Waals surface area (Å²) in [6.45, 7) is 6.98. The number of likely N-dealkylation sites (tertiary alicyclic amines) is 2. The molecule has 2 amide bonds. The van der Waals surface area contributed by atoms with Crippen LogP contribution in [-0.2, 0) is 6.54 Å². The van der Waals surface area contributed by atoms with Crippen molar-refractivity contribution in [2.45, 2.75) is 45.2 Å². The van der Waals surface area contributed by atoms with Gasteiger partial charge in [-0.3, -0.25) is 18.9 Å². The number of carbonyl (C=O) groups is 2. The predicted octanol–water partition coefficient (Wildman–Crippen LogP) is 5.32. The number of hydrogen-bond donors (Lipinski definition) is 2. The summed E-state index contributed by atoms with van der Waals surface area (Å²) in [4.78, 5) is 34.5. The first-order chi connectivity index (χ1) is 20.0. The third-order valence-electron chi connectivity index (χ3n) is 9.00. The van der Waals surface area contributed by atoms with E-state index in [4.69, 9.17) is 0 Å². The van der Waals surface area contributed by atoms with E-state index in [0.29, 0.717) is 12.6 Å². The lowest BCUT2D eigenvalue weighted by Gasteiger charge is -2.41. The Morgan fingerprint density at radius 3 is 2.63 bits per heavy atom. The van der Waals surface area contributed by atoms with E-state index < -0.39 is 0 Å². The molecule has 0 radical (unpaired) electrons. The monoisotopic (exact) mass is 548 g/mol. The Balaban J connectivity index is 1.02. The largest absolute Gasteiger partial charge is 0.352 e. The summed E-state index contributed by atoms with van der Waals surface area (Å²) < 4.78 is 2.06. The summed E-state index contributed by atoms with van der Waals surface area (Å²) in [6, 6.07) is 18.4. The lowest BCUT2D eigenvalue weighted by Crippen LogP contribution is -2.49. The zero-order valence-corrected chi connectivity index (χ0v) is 23.5. The number of rotatable bonds is 5. The van der Waals surface area contributed by atoms with Gasteiger partial charge in [0.25, 0.3) is 11.8 Å². The van der Waals surface area contributed by atoms with Crippen molar-refractivity contribution in [3.05, 3.63) is 83.7 Å². The van der Waals surface area contributed by atoms with Crippen molar-refractivity contribution in [2.24, 2.45) is 5.92 Å². The van der Waals surface area contributed by atoms with Crippen molar-refractivity contribution in [1.82, 2.24) is 24.5 Å². The average molecular weight is 549 g/mol. The molecule has 41 heavy (non-hydrogen) atoms. The highest BCUT2D eigenvalue weighted by Crippen LogP contribution is 2.30. The van der Waals surface area contributed by atoms with E-state index >= 15 is 0 Å². The Morgan fingerprint density at radius 2 is 1.83 bits per heavy atom. The molecule has 3 aliphatic rings. The SMILES string of the molecule is CC1CCCN(C2CCN(C(=O)c3ccc(Nc4ccc(-c5ccc6c(c5)CNC6=O)n5ccnc45)cc3)CC2)C1. The van der Waals surface area contributed by atoms with Crippen LogP contribution in [-0.4, -0.2) is 63.2 Å². The highest BCUT2D eigenvalue weighted by atomic mass is 16.2. The summed E-state index contributed by atoms with van der Waals surface area (Å²) in [5, 5.41) is 6.37. The third-order valence-corrected chi connectivity index (χ3v) is 9.00. The zero-order chi connectivity index (χ0) is 27.9. The van der Waals surface area contributed by atoms with Crippen LogP contribution in [0.5, 0.6) is 0 Å². The molecule has 2 saturated heterocycles. The van der Waals surface area contributed by atoms with Crippen molar-refractivity contribution in [1.29, 1.82) is 0 Å². The van der Waals surface area contributed by atoms with Gasteiger partial charge in [0.2, 0.25) is 0 Å². The predicted molar refractivity (Wildman–Crippen MR) is 160 cm³/mol. The first kappa shape index (κ1) is 25.8. The number of aromatic nitrogens is 2. The number of pyridine rings is 1. The fraction of sp³-hybridized carbons (Fsp3) is 0.364. The third kappa shape index (κ3) is 4.97. The second kappa shape index (κ2) is 10.7. The van der Waals surface area contributed by atoms with Crippen LogP contribution in [0, 0.1) is 5.92 Å². The van der Waals surface area contributed by atoms with Gasteiger partial charge in [0.15, 0.2) is 5.65 Å². The quantitative estimate of drug-likeness (QED) is 0.353. The molecule has 5 heterocycles. The van der Waals surface area contributed by atoms with Crippen molar-refractivity contribution in [3.8, 4) is 11.3 Å². The Bertz CT molecular complexity index is 1600. The van der Waals surface area contributed by atoms with Crippen molar-refractivity contribution in [2.75, 3.05) is 31.5 Å². The number of carbonyl (C=O) groups excluding carboxylic acids is 2. The summed E-state index contributed by atoms with van der Waals surface area (Å²) >= 11 is 0. The van der Waals surface area contributed by atoms with Crippen molar-refractivity contribution < 1.29 is 9.59 Å².